The van der Waals surface area contributed by atoms with Crippen molar-refractivity contribution in [2.24, 2.45) is 5.73 Å². The van der Waals surface area contributed by atoms with Crippen LogP contribution in [-0.2, 0) is 9.53 Å². The third-order valence-corrected chi connectivity index (χ3v) is 3.81. The van der Waals surface area contributed by atoms with Gasteiger partial charge in [-0.15, -0.1) is 12.4 Å². The van der Waals surface area contributed by atoms with Gasteiger partial charge in [0, 0.05) is 6.04 Å². The number of esters is 1. The van der Waals surface area contributed by atoms with Gasteiger partial charge in [-0.2, -0.15) is 0 Å². The molecule has 1 atom stereocenters. The number of ether oxygens (including phenoxy) is 1. The van der Waals surface area contributed by atoms with Crippen LogP contribution in [0.25, 0.3) is 21.5 Å². The summed E-state index contributed by atoms with van der Waals surface area (Å²) in [4.78, 5) is 11.5. The van der Waals surface area contributed by atoms with Crippen LogP contribution in [0.5, 0.6) is 0 Å². The Balaban J connectivity index is 0.00000176. The van der Waals surface area contributed by atoms with Gasteiger partial charge in [0.2, 0.25) is 0 Å². The number of benzene rings is 3. The first kappa shape index (κ1) is 16.3. The van der Waals surface area contributed by atoms with Gasteiger partial charge in [0.15, 0.2) is 0 Å². The maximum absolute atomic E-state index is 11.5. The maximum atomic E-state index is 11.5. The van der Waals surface area contributed by atoms with E-state index in [1.54, 1.807) is 0 Å². The summed E-state index contributed by atoms with van der Waals surface area (Å²) in [7, 11) is 1.38. The lowest BCUT2D eigenvalue weighted by Gasteiger charge is -2.16. The summed E-state index contributed by atoms with van der Waals surface area (Å²) in [6.45, 7) is 0. The number of hydrogen-bond donors (Lipinski definition) is 1. The number of hydrogen-bond acceptors (Lipinski definition) is 3. The molecule has 0 radical (unpaired) electrons. The van der Waals surface area contributed by atoms with E-state index in [0.29, 0.717) is 0 Å². The van der Waals surface area contributed by atoms with Crippen molar-refractivity contribution < 1.29 is 9.53 Å². The van der Waals surface area contributed by atoms with Crippen LogP contribution in [0.3, 0.4) is 0 Å². The average Bonchev–Trinajstić information content (AvgIpc) is 2.53. The normalized spacial score (nSPS) is 11.9. The molecule has 0 bridgehead atoms. The fourth-order valence-corrected chi connectivity index (χ4v) is 2.76. The second-order valence-electron chi connectivity index (χ2n) is 5.12. The maximum Gasteiger partial charge on any atom is 0.307 e. The van der Waals surface area contributed by atoms with Crippen molar-refractivity contribution in [3.63, 3.8) is 0 Å². The molecule has 114 valence electrons. The summed E-state index contributed by atoms with van der Waals surface area (Å²) in [5, 5.41) is 4.58. The Morgan fingerprint density at radius 3 is 2.32 bits per heavy atom. The first-order valence-corrected chi connectivity index (χ1v) is 6.93. The largest absolute Gasteiger partial charge is 0.469 e. The molecule has 0 fully saturated rings. The van der Waals surface area contributed by atoms with Crippen molar-refractivity contribution in [2.45, 2.75) is 12.5 Å². The Bertz CT molecular complexity index is 816. The number of nitrogens with two attached hydrogens (primary N) is 1. The van der Waals surface area contributed by atoms with Gasteiger partial charge in [-0.05, 0) is 33.2 Å². The molecule has 0 saturated heterocycles. The van der Waals surface area contributed by atoms with E-state index in [2.05, 4.69) is 24.3 Å². The van der Waals surface area contributed by atoms with E-state index < -0.39 is 0 Å². The van der Waals surface area contributed by atoms with Gasteiger partial charge in [0.25, 0.3) is 0 Å². The van der Waals surface area contributed by atoms with E-state index in [-0.39, 0.29) is 30.8 Å². The Hall–Kier alpha value is -2.10. The molecule has 0 amide bonds. The van der Waals surface area contributed by atoms with Gasteiger partial charge in [-0.25, -0.2) is 0 Å². The summed E-state index contributed by atoms with van der Waals surface area (Å²) in [6, 6.07) is 18.1. The number of fused-ring (bicyclic) bond motifs is 3. The van der Waals surface area contributed by atoms with Gasteiger partial charge in [-0.3, -0.25) is 4.79 Å². The predicted octanol–water partition coefficient (Wildman–Crippen LogP) is 3.98. The summed E-state index contributed by atoms with van der Waals surface area (Å²) in [5.41, 5.74) is 7.21. The van der Waals surface area contributed by atoms with E-state index in [1.807, 2.05) is 30.3 Å². The number of carbonyl (C=O) groups excluding carboxylic acids is 1. The number of halogens is 1. The zero-order valence-corrected chi connectivity index (χ0v) is 13.1. The molecule has 2 N–H and O–H groups in total. The lowest BCUT2D eigenvalue weighted by atomic mass is 9.92. The summed E-state index contributed by atoms with van der Waals surface area (Å²) in [6.07, 6.45) is 0.179. The molecule has 3 nitrogen and oxygen atoms in total. The van der Waals surface area contributed by atoms with Crippen molar-refractivity contribution in [3.8, 4) is 0 Å². The van der Waals surface area contributed by atoms with Crippen molar-refractivity contribution >= 4 is 39.9 Å². The lowest BCUT2D eigenvalue weighted by molar-refractivity contribution is -0.141. The van der Waals surface area contributed by atoms with Crippen LogP contribution >= 0.6 is 12.4 Å². The van der Waals surface area contributed by atoms with Crippen LogP contribution in [0.15, 0.2) is 54.6 Å². The highest BCUT2D eigenvalue weighted by Crippen LogP contribution is 2.32. The predicted molar refractivity (Wildman–Crippen MR) is 92.3 cm³/mol. The monoisotopic (exact) mass is 315 g/mol. The van der Waals surface area contributed by atoms with E-state index >= 15 is 0 Å². The first-order valence-electron chi connectivity index (χ1n) is 6.93. The molecule has 0 spiro atoms. The highest BCUT2D eigenvalue weighted by Gasteiger charge is 2.16. The summed E-state index contributed by atoms with van der Waals surface area (Å²) in [5.74, 6) is -0.292. The smallest absolute Gasteiger partial charge is 0.307 e. The van der Waals surface area contributed by atoms with Gasteiger partial charge in [-0.1, -0.05) is 48.5 Å². The Morgan fingerprint density at radius 1 is 1.05 bits per heavy atom. The van der Waals surface area contributed by atoms with Gasteiger partial charge < -0.3 is 10.5 Å². The number of rotatable bonds is 3. The van der Waals surface area contributed by atoms with Crippen LogP contribution < -0.4 is 5.73 Å². The number of carbonyl (C=O) groups is 1. The van der Waals surface area contributed by atoms with Crippen molar-refractivity contribution in [2.75, 3.05) is 7.11 Å². The lowest BCUT2D eigenvalue weighted by Crippen LogP contribution is -2.16. The average molecular weight is 316 g/mol. The van der Waals surface area contributed by atoms with E-state index in [1.165, 1.54) is 12.5 Å². The Labute approximate surface area is 135 Å². The van der Waals surface area contributed by atoms with E-state index in [4.69, 9.17) is 10.5 Å². The quantitative estimate of drug-likeness (QED) is 0.587. The SMILES string of the molecule is COC(=O)C[C@@H](N)c1cc2ccccc2c2ccccc12.Cl. The van der Waals surface area contributed by atoms with Crippen molar-refractivity contribution in [1.82, 2.24) is 0 Å². The first-order chi connectivity index (χ1) is 10.2. The third kappa shape index (κ3) is 2.91. The molecule has 3 aromatic carbocycles. The Morgan fingerprint density at radius 2 is 1.64 bits per heavy atom. The van der Waals surface area contributed by atoms with E-state index in [0.717, 1.165) is 21.7 Å². The molecule has 0 aliphatic heterocycles. The molecule has 3 rings (SSSR count). The molecule has 22 heavy (non-hydrogen) atoms. The molecule has 3 aromatic rings. The zero-order chi connectivity index (χ0) is 14.8. The highest BCUT2D eigenvalue weighted by atomic mass is 35.5. The van der Waals surface area contributed by atoms with Crippen molar-refractivity contribution in [1.29, 1.82) is 0 Å². The second kappa shape index (κ2) is 6.77. The second-order valence-corrected chi connectivity index (χ2v) is 5.12. The highest BCUT2D eigenvalue weighted by molar-refractivity contribution is 6.09. The van der Waals surface area contributed by atoms with Crippen LogP contribution in [0.2, 0.25) is 0 Å². The van der Waals surface area contributed by atoms with E-state index in [9.17, 15) is 4.79 Å². The fourth-order valence-electron chi connectivity index (χ4n) is 2.76. The van der Waals surface area contributed by atoms with Crippen molar-refractivity contribution in [3.05, 3.63) is 60.2 Å². The van der Waals surface area contributed by atoms with Gasteiger partial charge in [0.1, 0.15) is 0 Å². The molecule has 0 aliphatic carbocycles. The minimum Gasteiger partial charge on any atom is -0.469 e. The fraction of sp³-hybridized carbons (Fsp3) is 0.167. The third-order valence-electron chi connectivity index (χ3n) is 3.81. The standard InChI is InChI=1S/C18H17NO2.ClH/c1-21-18(20)11-17(19)16-10-12-6-2-3-7-13(12)14-8-4-5-9-15(14)16;/h2-10,17H,11,19H2,1H3;1H/t17-;/m1./s1. The molecule has 0 aliphatic rings. The summed E-state index contributed by atoms with van der Waals surface area (Å²) >= 11 is 0. The molecule has 0 heterocycles. The molecule has 4 heteroatoms. The van der Waals surface area contributed by atoms with Crippen LogP contribution in [0.1, 0.15) is 18.0 Å². The molecule has 0 saturated carbocycles. The topological polar surface area (TPSA) is 52.3 Å². The minimum absolute atomic E-state index is 0. The van der Waals surface area contributed by atoms with Gasteiger partial charge in [0.05, 0.1) is 13.5 Å². The number of methoxy groups -OCH3 is 1. The molecular formula is C18H18ClNO2. The van der Waals surface area contributed by atoms with Crippen LogP contribution in [0, 0.1) is 0 Å². The molecule has 0 unspecified atom stereocenters. The van der Waals surface area contributed by atoms with Gasteiger partial charge >= 0.3 is 5.97 Å². The molecule has 0 aromatic heterocycles. The minimum atomic E-state index is -0.369. The van der Waals surface area contributed by atoms with Crippen LogP contribution in [0.4, 0.5) is 0 Å². The molecular weight excluding hydrogens is 298 g/mol. The Kier molecular flexibility index (Phi) is 5.01. The summed E-state index contributed by atoms with van der Waals surface area (Å²) < 4.78 is 4.72. The van der Waals surface area contributed by atoms with Crippen LogP contribution in [-0.4, -0.2) is 13.1 Å². The zero-order valence-electron chi connectivity index (χ0n) is 12.3.